The molecule has 20 heavy (non-hydrogen) atoms. The van der Waals surface area contributed by atoms with E-state index in [2.05, 4.69) is 10.3 Å². The third kappa shape index (κ3) is 3.07. The van der Waals surface area contributed by atoms with Crippen LogP contribution in [0.25, 0.3) is 0 Å². The summed E-state index contributed by atoms with van der Waals surface area (Å²) in [6.45, 7) is -0.394. The molecule has 0 saturated heterocycles. The topological polar surface area (TPSA) is 88.5 Å². The zero-order chi connectivity index (χ0) is 14.1. The molecule has 0 bridgehead atoms. The molecular weight excluding hydrogens is 260 g/mol. The van der Waals surface area contributed by atoms with Crippen molar-refractivity contribution in [1.82, 2.24) is 10.3 Å². The number of carbonyl (C=O) groups excluding carboxylic acids is 1. The molecule has 0 radical (unpaired) electrons. The Balaban J connectivity index is 1.77. The second-order valence-corrected chi connectivity index (χ2v) is 5.28. The van der Waals surface area contributed by atoms with Gasteiger partial charge in [-0.25, -0.2) is 9.78 Å². The number of carboxylic acids is 1. The lowest BCUT2D eigenvalue weighted by atomic mass is 10.2. The van der Waals surface area contributed by atoms with Gasteiger partial charge in [0.05, 0.1) is 5.69 Å². The number of carbonyl (C=O) groups is 2. The Hall–Kier alpha value is -2.11. The van der Waals surface area contributed by atoms with Gasteiger partial charge < -0.3 is 15.2 Å². The average Bonchev–Trinajstić information content (AvgIpc) is 3.28. The van der Waals surface area contributed by atoms with Gasteiger partial charge in [-0.3, -0.25) is 4.79 Å². The Morgan fingerprint density at radius 3 is 2.65 bits per heavy atom. The van der Waals surface area contributed by atoms with Crippen molar-refractivity contribution in [2.24, 2.45) is 0 Å². The third-order valence-corrected chi connectivity index (χ3v) is 3.35. The first-order chi connectivity index (χ1) is 9.63. The van der Waals surface area contributed by atoms with E-state index in [-0.39, 0.29) is 17.9 Å². The number of hydrogen-bond donors (Lipinski definition) is 2. The number of pyridine rings is 1. The van der Waals surface area contributed by atoms with E-state index in [0.29, 0.717) is 17.1 Å². The van der Waals surface area contributed by atoms with E-state index in [1.807, 2.05) is 0 Å². The van der Waals surface area contributed by atoms with E-state index in [1.165, 1.54) is 0 Å². The summed E-state index contributed by atoms with van der Waals surface area (Å²) in [6.07, 6.45) is 4.07. The summed E-state index contributed by atoms with van der Waals surface area (Å²) >= 11 is 0. The fourth-order valence-electron chi connectivity index (χ4n) is 1.99. The monoisotopic (exact) mass is 276 g/mol. The molecule has 2 saturated carbocycles. The van der Waals surface area contributed by atoms with Crippen molar-refractivity contribution in [3.63, 3.8) is 0 Å². The largest absolute Gasteiger partial charge is 0.480 e. The second-order valence-electron chi connectivity index (χ2n) is 5.28. The van der Waals surface area contributed by atoms with Crippen molar-refractivity contribution in [2.75, 3.05) is 6.61 Å². The number of nitrogens with one attached hydrogen (secondary N) is 1. The molecule has 0 aliphatic heterocycles. The van der Waals surface area contributed by atoms with Crippen LogP contribution in [0.5, 0.6) is 5.75 Å². The van der Waals surface area contributed by atoms with E-state index in [0.717, 1.165) is 25.7 Å². The van der Waals surface area contributed by atoms with Crippen molar-refractivity contribution in [3.8, 4) is 5.75 Å². The predicted molar refractivity (Wildman–Crippen MR) is 69.8 cm³/mol. The Bertz CT molecular complexity index is 550. The van der Waals surface area contributed by atoms with E-state index >= 15 is 0 Å². The molecule has 1 aromatic heterocycles. The van der Waals surface area contributed by atoms with Gasteiger partial charge in [-0.15, -0.1) is 0 Å². The number of carboxylic acid groups (broad SMARTS) is 1. The number of aliphatic carboxylic acids is 1. The van der Waals surface area contributed by atoms with E-state index in [1.54, 1.807) is 12.1 Å². The van der Waals surface area contributed by atoms with Crippen LogP contribution in [0.1, 0.15) is 47.8 Å². The van der Waals surface area contributed by atoms with Crippen LogP contribution in [0.15, 0.2) is 12.1 Å². The smallest absolute Gasteiger partial charge is 0.341 e. The fraction of sp³-hybridized carbons (Fsp3) is 0.500. The van der Waals surface area contributed by atoms with Crippen LogP contribution in [-0.4, -0.2) is 34.6 Å². The molecular formula is C14H16N2O4. The maximum absolute atomic E-state index is 12.0. The fourth-order valence-corrected chi connectivity index (χ4v) is 1.99. The molecule has 2 aliphatic carbocycles. The standard InChI is InChI=1S/C14H16N2O4/c17-12(18)7-20-11-6-5-10(14(19)15-9-3-4-9)16-13(11)8-1-2-8/h5-6,8-9H,1-4,7H2,(H,15,19)(H,17,18). The second kappa shape index (κ2) is 5.11. The molecule has 1 amide bonds. The van der Waals surface area contributed by atoms with Crippen LogP contribution in [0.2, 0.25) is 0 Å². The molecule has 2 aliphatic rings. The Kier molecular flexibility index (Phi) is 3.30. The summed E-state index contributed by atoms with van der Waals surface area (Å²) in [4.78, 5) is 26.9. The minimum atomic E-state index is -1.03. The SMILES string of the molecule is O=C(O)COc1ccc(C(=O)NC2CC2)nc1C1CC1. The quantitative estimate of drug-likeness (QED) is 0.818. The Morgan fingerprint density at radius 2 is 2.05 bits per heavy atom. The molecule has 1 heterocycles. The maximum atomic E-state index is 12.0. The van der Waals surface area contributed by atoms with Crippen molar-refractivity contribution in [2.45, 2.75) is 37.6 Å². The van der Waals surface area contributed by atoms with Gasteiger partial charge >= 0.3 is 5.97 Å². The summed E-state index contributed by atoms with van der Waals surface area (Å²) in [6, 6.07) is 3.52. The third-order valence-electron chi connectivity index (χ3n) is 3.35. The van der Waals surface area contributed by atoms with Crippen LogP contribution in [-0.2, 0) is 4.79 Å². The highest BCUT2D eigenvalue weighted by molar-refractivity contribution is 5.92. The van der Waals surface area contributed by atoms with Gasteiger partial charge in [0.2, 0.25) is 0 Å². The first kappa shape index (κ1) is 12.9. The predicted octanol–water partition coefficient (Wildman–Crippen LogP) is 1.31. The maximum Gasteiger partial charge on any atom is 0.341 e. The minimum Gasteiger partial charge on any atom is -0.480 e. The molecule has 0 unspecified atom stereocenters. The van der Waals surface area contributed by atoms with Gasteiger partial charge in [0.25, 0.3) is 5.91 Å². The molecule has 6 nitrogen and oxygen atoms in total. The molecule has 1 aromatic rings. The molecule has 6 heteroatoms. The average molecular weight is 276 g/mol. The zero-order valence-electron chi connectivity index (χ0n) is 11.0. The summed E-state index contributed by atoms with van der Waals surface area (Å²) < 4.78 is 5.23. The number of amides is 1. The molecule has 106 valence electrons. The number of nitrogens with zero attached hydrogens (tertiary/aromatic N) is 1. The van der Waals surface area contributed by atoms with Crippen LogP contribution in [0, 0.1) is 0 Å². The number of rotatable bonds is 6. The highest BCUT2D eigenvalue weighted by Crippen LogP contribution is 2.43. The van der Waals surface area contributed by atoms with Crippen molar-refractivity contribution in [3.05, 3.63) is 23.5 Å². The lowest BCUT2D eigenvalue weighted by Gasteiger charge is -2.10. The zero-order valence-corrected chi connectivity index (χ0v) is 11.0. The molecule has 0 aromatic carbocycles. The van der Waals surface area contributed by atoms with Crippen LogP contribution < -0.4 is 10.1 Å². The van der Waals surface area contributed by atoms with Crippen molar-refractivity contribution in [1.29, 1.82) is 0 Å². The van der Waals surface area contributed by atoms with Gasteiger partial charge in [0, 0.05) is 12.0 Å². The van der Waals surface area contributed by atoms with Crippen molar-refractivity contribution < 1.29 is 19.4 Å². The summed E-state index contributed by atoms with van der Waals surface area (Å²) in [5.41, 5.74) is 1.08. The van der Waals surface area contributed by atoms with E-state index in [9.17, 15) is 9.59 Å². The molecule has 2 fully saturated rings. The highest BCUT2D eigenvalue weighted by atomic mass is 16.5. The number of ether oxygens (including phenoxy) is 1. The van der Waals surface area contributed by atoms with E-state index < -0.39 is 12.6 Å². The summed E-state index contributed by atoms with van der Waals surface area (Å²) in [5, 5.41) is 11.5. The molecule has 2 N–H and O–H groups in total. The lowest BCUT2D eigenvalue weighted by molar-refractivity contribution is -0.139. The molecule has 3 rings (SSSR count). The summed E-state index contributed by atoms with van der Waals surface area (Å²) in [7, 11) is 0. The van der Waals surface area contributed by atoms with Gasteiger partial charge in [-0.05, 0) is 37.8 Å². The minimum absolute atomic E-state index is 0.167. The normalized spacial score (nSPS) is 17.6. The first-order valence-corrected chi connectivity index (χ1v) is 6.80. The Labute approximate surface area is 116 Å². The Morgan fingerprint density at radius 1 is 1.30 bits per heavy atom. The van der Waals surface area contributed by atoms with Crippen LogP contribution >= 0.6 is 0 Å². The lowest BCUT2D eigenvalue weighted by Crippen LogP contribution is -2.26. The highest BCUT2D eigenvalue weighted by Gasteiger charge is 2.30. The van der Waals surface area contributed by atoms with Gasteiger partial charge in [-0.1, -0.05) is 0 Å². The first-order valence-electron chi connectivity index (χ1n) is 6.80. The molecule has 0 spiro atoms. The van der Waals surface area contributed by atoms with E-state index in [4.69, 9.17) is 9.84 Å². The number of hydrogen-bond acceptors (Lipinski definition) is 4. The van der Waals surface area contributed by atoms with Gasteiger partial charge in [0.1, 0.15) is 11.4 Å². The number of aromatic nitrogens is 1. The van der Waals surface area contributed by atoms with Crippen LogP contribution in [0.4, 0.5) is 0 Å². The van der Waals surface area contributed by atoms with Gasteiger partial charge in [-0.2, -0.15) is 0 Å². The van der Waals surface area contributed by atoms with Crippen molar-refractivity contribution >= 4 is 11.9 Å². The summed E-state index contributed by atoms with van der Waals surface area (Å²) in [5.74, 6) is -0.438. The molecule has 0 atom stereocenters. The van der Waals surface area contributed by atoms with Gasteiger partial charge in [0.15, 0.2) is 6.61 Å². The van der Waals surface area contributed by atoms with Crippen LogP contribution in [0.3, 0.4) is 0 Å².